The maximum Gasteiger partial charge on any atom is 2.00 e. The molecular weight excluding hydrogens is 335 g/mol. The van der Waals surface area contributed by atoms with Gasteiger partial charge in [-0.3, -0.25) is 0 Å². The summed E-state index contributed by atoms with van der Waals surface area (Å²) in [5.74, 6) is 0. The minimum absolute atomic E-state index is 0. The number of benzene rings is 1. The predicted octanol–water partition coefficient (Wildman–Crippen LogP) is 4.37. The molecule has 2 fully saturated rings. The molecule has 1 aromatic carbocycles. The molecule has 2 aliphatic rings. The molecule has 2 heteroatoms. The Labute approximate surface area is 151 Å². The van der Waals surface area contributed by atoms with E-state index < -0.39 is 0 Å². The minimum atomic E-state index is 0. The van der Waals surface area contributed by atoms with Crippen LogP contribution in [-0.2, 0) is 26.2 Å². The van der Waals surface area contributed by atoms with Crippen molar-refractivity contribution in [2.45, 2.75) is 6.92 Å². The summed E-state index contributed by atoms with van der Waals surface area (Å²) < 4.78 is 0. The van der Waals surface area contributed by atoms with Crippen molar-refractivity contribution in [3.63, 3.8) is 0 Å². The van der Waals surface area contributed by atoms with E-state index in [0.717, 1.165) is 12.2 Å². The molecule has 1 N–H and O–H groups in total. The summed E-state index contributed by atoms with van der Waals surface area (Å²) in [4.78, 5) is 0. The van der Waals surface area contributed by atoms with E-state index in [9.17, 15) is 0 Å². The molecule has 108 valence electrons. The third-order valence-corrected chi connectivity index (χ3v) is 2.34. The summed E-state index contributed by atoms with van der Waals surface area (Å²) in [7, 11) is 0. The van der Waals surface area contributed by atoms with Gasteiger partial charge in [0.05, 0.1) is 0 Å². The maximum absolute atomic E-state index is 8.50. The zero-order valence-corrected chi connectivity index (χ0v) is 15.1. The fourth-order valence-electron chi connectivity index (χ4n) is 1.29. The first kappa shape index (κ1) is 23.2. The van der Waals surface area contributed by atoms with Crippen LogP contribution in [0.2, 0.25) is 0 Å². The van der Waals surface area contributed by atoms with Crippen LogP contribution in [0.3, 0.4) is 0 Å². The van der Waals surface area contributed by atoms with Crippen molar-refractivity contribution in [3.8, 4) is 0 Å². The van der Waals surface area contributed by atoms with Crippen molar-refractivity contribution in [3.05, 3.63) is 114 Å². The number of aliphatic hydroxyl groups excluding tert-OH is 1. The molecule has 0 amide bonds. The molecule has 1 nitrogen and oxygen atoms in total. The summed E-state index contributed by atoms with van der Waals surface area (Å²) in [6.07, 6.45) is 20.0. The van der Waals surface area contributed by atoms with Crippen LogP contribution in [-0.4, -0.2) is 5.11 Å². The van der Waals surface area contributed by atoms with Gasteiger partial charge in [0, 0.05) is 0 Å². The topological polar surface area (TPSA) is 20.2 Å². The van der Waals surface area contributed by atoms with Gasteiger partial charge in [0.15, 0.2) is 0 Å². The van der Waals surface area contributed by atoms with Gasteiger partial charge in [0.25, 0.3) is 0 Å². The fourth-order valence-corrected chi connectivity index (χ4v) is 1.29. The van der Waals surface area contributed by atoms with Gasteiger partial charge >= 0.3 is 26.2 Å². The molecule has 2 aliphatic carbocycles. The van der Waals surface area contributed by atoms with E-state index >= 15 is 0 Å². The Balaban J connectivity index is 0. The third-order valence-electron chi connectivity index (χ3n) is 2.34. The van der Waals surface area contributed by atoms with Gasteiger partial charge in [-0.1, -0.05) is 12.2 Å². The van der Waals surface area contributed by atoms with Crippen molar-refractivity contribution in [1.82, 2.24) is 0 Å². The van der Waals surface area contributed by atoms with E-state index in [0.29, 0.717) is 0 Å². The molecule has 0 aliphatic heterocycles. The van der Waals surface area contributed by atoms with E-state index in [1.807, 2.05) is 95.4 Å². The van der Waals surface area contributed by atoms with Gasteiger partial charge in [-0.25, -0.2) is 0 Å². The van der Waals surface area contributed by atoms with Gasteiger partial charge in [-0.05, 0) is 71.1 Å². The Hall–Kier alpha value is -0.0669. The average Bonchev–Trinajstić information content (AvgIpc) is 3.18. The van der Waals surface area contributed by atoms with E-state index in [2.05, 4.69) is 0 Å². The number of aryl methyl sites for hydroxylation is 1. The largest absolute Gasteiger partial charge is 2.00 e. The molecule has 0 unspecified atom stereocenters. The Morgan fingerprint density at radius 2 is 0.952 bits per heavy atom. The van der Waals surface area contributed by atoms with E-state index in [1.54, 1.807) is 0 Å². The quantitative estimate of drug-likeness (QED) is 0.740. The summed E-state index contributed by atoms with van der Waals surface area (Å²) in [6.45, 7) is 3.11. The Kier molecular flexibility index (Phi) is 18.0. The van der Waals surface area contributed by atoms with Crippen molar-refractivity contribution in [2.75, 3.05) is 0 Å². The first-order chi connectivity index (χ1) is 9.33. The summed E-state index contributed by atoms with van der Waals surface area (Å²) in [5, 5.41) is 8.50. The zero-order valence-electron chi connectivity index (χ0n) is 12.6. The first-order valence-electron chi connectivity index (χ1n) is 6.20. The summed E-state index contributed by atoms with van der Waals surface area (Å²) >= 11 is 0. The molecular formula is C19H22OZr. The minimum Gasteiger partial charge on any atom is -0.429 e. The Morgan fingerprint density at radius 3 is 1.19 bits per heavy atom. The van der Waals surface area contributed by atoms with Crippen molar-refractivity contribution in [1.29, 1.82) is 0 Å². The van der Waals surface area contributed by atoms with Crippen molar-refractivity contribution < 1.29 is 31.3 Å². The maximum atomic E-state index is 8.50. The van der Waals surface area contributed by atoms with Gasteiger partial charge in [-0.2, -0.15) is 17.7 Å². The van der Waals surface area contributed by atoms with E-state index in [1.165, 1.54) is 5.56 Å². The Bertz CT molecular complexity index is 275. The third kappa shape index (κ3) is 13.3. The monoisotopic (exact) mass is 356 g/mol. The fraction of sp³-hybridized carbons (Fsp3) is 0.0526. The zero-order chi connectivity index (χ0) is 13.8. The molecule has 0 heterocycles. The number of hydrogen-bond donors (Lipinski definition) is 1. The molecule has 3 rings (SSSR count). The van der Waals surface area contributed by atoms with E-state index in [4.69, 9.17) is 5.11 Å². The number of aliphatic hydroxyl groups is 1. The first-order valence-corrected chi connectivity index (χ1v) is 6.20. The number of rotatable bonds is 1. The van der Waals surface area contributed by atoms with Crippen LogP contribution in [0.25, 0.3) is 0 Å². The molecule has 0 atom stereocenters. The van der Waals surface area contributed by atoms with Gasteiger partial charge < -0.3 is 12.5 Å². The van der Waals surface area contributed by atoms with Crippen LogP contribution in [0.5, 0.6) is 0 Å². The molecule has 0 bridgehead atoms. The van der Waals surface area contributed by atoms with Gasteiger partial charge in [0.1, 0.15) is 0 Å². The average molecular weight is 358 g/mol. The van der Waals surface area contributed by atoms with Crippen molar-refractivity contribution in [2.24, 2.45) is 0 Å². The van der Waals surface area contributed by atoms with Crippen LogP contribution in [0, 0.1) is 85.2 Å². The molecule has 2 saturated carbocycles. The van der Waals surface area contributed by atoms with Crippen LogP contribution >= 0.6 is 0 Å². The predicted molar refractivity (Wildman–Crippen MR) is 85.9 cm³/mol. The summed E-state index contributed by atoms with van der Waals surface area (Å²) in [5.41, 5.74) is 2.06. The second-order valence-corrected chi connectivity index (χ2v) is 3.96. The van der Waals surface area contributed by atoms with Gasteiger partial charge in [-0.15, -0.1) is 12.1 Å². The van der Waals surface area contributed by atoms with Gasteiger partial charge in [0.2, 0.25) is 0 Å². The Morgan fingerprint density at radius 1 is 0.667 bits per heavy atom. The van der Waals surface area contributed by atoms with Crippen LogP contribution in [0.4, 0.5) is 0 Å². The molecule has 0 aromatic heterocycles. The molecule has 21 heavy (non-hydrogen) atoms. The molecule has 0 saturated heterocycles. The SMILES string of the molecule is Cc1ccc([CH-]O)cc1.[CH3-].[CH]1[CH][CH][CH][CH]1.[CH]1[CH][CH][CH][CH]1.[Zr+2]. The van der Waals surface area contributed by atoms with Crippen LogP contribution < -0.4 is 0 Å². The summed E-state index contributed by atoms with van der Waals surface area (Å²) in [6, 6.07) is 7.66. The number of hydrogen-bond acceptors (Lipinski definition) is 1. The second-order valence-electron chi connectivity index (χ2n) is 3.96. The van der Waals surface area contributed by atoms with Crippen molar-refractivity contribution >= 4 is 0 Å². The van der Waals surface area contributed by atoms with Crippen LogP contribution in [0.1, 0.15) is 11.1 Å². The van der Waals surface area contributed by atoms with E-state index in [-0.39, 0.29) is 33.6 Å². The standard InChI is InChI=1S/C8H9O.2C5H5.CH3.Zr/c1-7-2-4-8(6-9)5-3-7;2*1-2-4-5-3-1;;/h2-6,9H,1H3;2*1-5H;1H3;/q-1;;;-1;+2. The second kappa shape index (κ2) is 16.3. The smallest absolute Gasteiger partial charge is 0.429 e. The molecule has 0 spiro atoms. The molecule has 10 radical (unpaired) electrons. The van der Waals surface area contributed by atoms with Crippen LogP contribution in [0.15, 0.2) is 24.3 Å². The molecule has 1 aromatic rings. The normalized spacial score (nSPS) is 15.3.